The molecule has 0 radical (unpaired) electrons. The molecule has 2 N–H and O–H groups in total. The molecule has 0 aliphatic carbocycles. The third kappa shape index (κ3) is 4.45. The lowest BCUT2D eigenvalue weighted by molar-refractivity contribution is -0.120. The maximum Gasteiger partial charge on any atom is 0.244 e. The van der Waals surface area contributed by atoms with E-state index < -0.39 is 0 Å². The van der Waals surface area contributed by atoms with Crippen LogP contribution in [0, 0.1) is 0 Å². The third-order valence-corrected chi connectivity index (χ3v) is 4.59. The van der Waals surface area contributed by atoms with Crippen molar-refractivity contribution in [1.29, 1.82) is 0 Å². The molecule has 2 heterocycles. The zero-order chi connectivity index (χ0) is 16.8. The van der Waals surface area contributed by atoms with Crippen molar-refractivity contribution in [2.45, 2.75) is 6.54 Å². The average Bonchev–Trinajstić information content (AvgIpc) is 3.12. The highest BCUT2D eigenvalue weighted by molar-refractivity contribution is 7.10. The molecule has 1 aliphatic heterocycles. The van der Waals surface area contributed by atoms with E-state index in [1.165, 1.54) is 0 Å². The minimum absolute atomic E-state index is 0.0510. The van der Waals surface area contributed by atoms with E-state index in [4.69, 9.17) is 0 Å². The first kappa shape index (κ1) is 16.3. The van der Waals surface area contributed by atoms with Crippen molar-refractivity contribution in [3.05, 3.63) is 58.3 Å². The molecule has 1 aliphatic rings. The highest BCUT2D eigenvalue weighted by Crippen LogP contribution is 2.16. The molecule has 6 heteroatoms. The Morgan fingerprint density at radius 3 is 2.83 bits per heavy atom. The molecule has 24 heavy (non-hydrogen) atoms. The van der Waals surface area contributed by atoms with Crippen molar-refractivity contribution in [3.8, 4) is 0 Å². The van der Waals surface area contributed by atoms with E-state index in [0.717, 1.165) is 22.7 Å². The number of piperazine rings is 1. The number of rotatable bonds is 5. The Morgan fingerprint density at radius 2 is 2.12 bits per heavy atom. The van der Waals surface area contributed by atoms with Gasteiger partial charge in [0.15, 0.2) is 0 Å². The van der Waals surface area contributed by atoms with Gasteiger partial charge in [-0.1, -0.05) is 18.2 Å². The molecular weight excluding hydrogens is 322 g/mol. The second kappa shape index (κ2) is 7.79. The number of nitrogens with zero attached hydrogens (tertiary/aromatic N) is 1. The Morgan fingerprint density at radius 1 is 1.29 bits per heavy atom. The zero-order valence-electron chi connectivity index (χ0n) is 13.2. The summed E-state index contributed by atoms with van der Waals surface area (Å²) in [6.07, 6.45) is 3.36. The fraction of sp³-hybridized carbons (Fsp3) is 0.222. The number of carbonyl (C=O) groups excluding carboxylic acids is 2. The first-order valence-corrected chi connectivity index (χ1v) is 8.69. The molecule has 0 unspecified atom stereocenters. The van der Waals surface area contributed by atoms with E-state index in [1.54, 1.807) is 17.4 Å². The van der Waals surface area contributed by atoms with Gasteiger partial charge in [0, 0.05) is 36.3 Å². The fourth-order valence-corrected chi connectivity index (χ4v) is 3.09. The van der Waals surface area contributed by atoms with Gasteiger partial charge in [-0.15, -0.1) is 11.3 Å². The first-order chi connectivity index (χ1) is 11.7. The highest BCUT2D eigenvalue weighted by atomic mass is 32.1. The lowest BCUT2D eigenvalue weighted by Crippen LogP contribution is -2.47. The summed E-state index contributed by atoms with van der Waals surface area (Å²) in [5.74, 6) is -0.0599. The summed E-state index contributed by atoms with van der Waals surface area (Å²) in [4.78, 5) is 26.4. The Hall–Kier alpha value is -2.60. The van der Waals surface area contributed by atoms with Gasteiger partial charge in [0.05, 0.1) is 6.54 Å². The standard InChI is InChI=1S/C18H19N3O2S/c22-17(8-7-16-2-1-11-24-16)20-12-14-3-5-15(6-4-14)21-10-9-19-18(23)13-21/h1-8,11H,9-10,12-13H2,(H,19,23)(H,20,22)/b8-7+. The van der Waals surface area contributed by atoms with Crippen LogP contribution >= 0.6 is 11.3 Å². The fourth-order valence-electron chi connectivity index (χ4n) is 2.48. The van der Waals surface area contributed by atoms with E-state index in [2.05, 4.69) is 10.6 Å². The molecule has 0 bridgehead atoms. The second-order valence-corrected chi connectivity index (χ2v) is 6.48. The maximum absolute atomic E-state index is 11.8. The topological polar surface area (TPSA) is 61.4 Å². The van der Waals surface area contributed by atoms with Gasteiger partial charge in [0.25, 0.3) is 0 Å². The van der Waals surface area contributed by atoms with E-state index in [-0.39, 0.29) is 11.8 Å². The van der Waals surface area contributed by atoms with Gasteiger partial charge in [-0.2, -0.15) is 0 Å². The predicted octanol–water partition coefficient (Wildman–Crippen LogP) is 2.01. The molecule has 0 saturated carbocycles. The van der Waals surface area contributed by atoms with Gasteiger partial charge < -0.3 is 15.5 Å². The van der Waals surface area contributed by atoms with Crippen molar-refractivity contribution < 1.29 is 9.59 Å². The summed E-state index contributed by atoms with van der Waals surface area (Å²) in [7, 11) is 0. The summed E-state index contributed by atoms with van der Waals surface area (Å²) in [5, 5.41) is 7.66. The SMILES string of the molecule is O=C(/C=C/c1cccs1)NCc1ccc(N2CCNC(=O)C2)cc1. The number of thiophene rings is 1. The Bertz CT molecular complexity index is 723. The highest BCUT2D eigenvalue weighted by Gasteiger charge is 2.16. The molecule has 1 fully saturated rings. The van der Waals surface area contributed by atoms with E-state index in [9.17, 15) is 9.59 Å². The molecule has 1 saturated heterocycles. The van der Waals surface area contributed by atoms with E-state index >= 15 is 0 Å². The van der Waals surface area contributed by atoms with Crippen LogP contribution in [-0.4, -0.2) is 31.4 Å². The second-order valence-electron chi connectivity index (χ2n) is 5.50. The number of amides is 2. The maximum atomic E-state index is 11.8. The first-order valence-electron chi connectivity index (χ1n) is 7.81. The van der Waals surface area contributed by atoms with Crippen LogP contribution in [-0.2, 0) is 16.1 Å². The molecule has 1 aromatic heterocycles. The van der Waals surface area contributed by atoms with Gasteiger partial charge >= 0.3 is 0 Å². The van der Waals surface area contributed by atoms with Crippen LogP contribution < -0.4 is 15.5 Å². The van der Waals surface area contributed by atoms with Crippen LogP contribution in [0.3, 0.4) is 0 Å². The van der Waals surface area contributed by atoms with Crippen molar-refractivity contribution in [2.75, 3.05) is 24.5 Å². The Kier molecular flexibility index (Phi) is 5.28. The molecule has 124 valence electrons. The van der Waals surface area contributed by atoms with Crippen LogP contribution in [0.2, 0.25) is 0 Å². The summed E-state index contributed by atoms with van der Waals surface area (Å²) in [6, 6.07) is 11.9. The van der Waals surface area contributed by atoms with Gasteiger partial charge in [-0.05, 0) is 35.2 Å². The summed E-state index contributed by atoms with van der Waals surface area (Å²) >= 11 is 1.59. The minimum Gasteiger partial charge on any atom is -0.360 e. The van der Waals surface area contributed by atoms with Gasteiger partial charge in [-0.25, -0.2) is 0 Å². The number of anilines is 1. The molecule has 2 amide bonds. The molecule has 5 nitrogen and oxygen atoms in total. The normalized spacial score (nSPS) is 14.7. The molecule has 0 atom stereocenters. The number of carbonyl (C=O) groups is 2. The van der Waals surface area contributed by atoms with Gasteiger partial charge in [0.1, 0.15) is 0 Å². The Balaban J connectivity index is 1.51. The molecule has 1 aromatic carbocycles. The third-order valence-electron chi connectivity index (χ3n) is 3.75. The molecule has 0 spiro atoms. The lowest BCUT2D eigenvalue weighted by Gasteiger charge is -2.28. The van der Waals surface area contributed by atoms with Gasteiger partial charge in [-0.3, -0.25) is 9.59 Å². The van der Waals surface area contributed by atoms with Gasteiger partial charge in [0.2, 0.25) is 11.8 Å². The van der Waals surface area contributed by atoms with Crippen molar-refractivity contribution in [2.24, 2.45) is 0 Å². The van der Waals surface area contributed by atoms with E-state index in [0.29, 0.717) is 19.6 Å². The average molecular weight is 341 g/mol. The number of nitrogens with one attached hydrogen (secondary N) is 2. The quantitative estimate of drug-likeness (QED) is 0.818. The van der Waals surface area contributed by atoms with Crippen LogP contribution in [0.5, 0.6) is 0 Å². The molecule has 2 aromatic rings. The lowest BCUT2D eigenvalue weighted by atomic mass is 10.2. The smallest absolute Gasteiger partial charge is 0.244 e. The molecular formula is C18H19N3O2S. The summed E-state index contributed by atoms with van der Waals surface area (Å²) in [6.45, 7) is 2.36. The Labute approximate surface area is 145 Å². The number of hydrogen-bond acceptors (Lipinski definition) is 4. The van der Waals surface area contributed by atoms with Crippen LogP contribution in [0.1, 0.15) is 10.4 Å². The van der Waals surface area contributed by atoms with E-state index in [1.807, 2.05) is 52.8 Å². The zero-order valence-corrected chi connectivity index (χ0v) is 14.0. The van der Waals surface area contributed by atoms with Crippen molar-refractivity contribution in [3.63, 3.8) is 0 Å². The summed E-state index contributed by atoms with van der Waals surface area (Å²) < 4.78 is 0. The number of benzene rings is 1. The molecule has 3 rings (SSSR count). The van der Waals surface area contributed by atoms with Crippen LogP contribution in [0.25, 0.3) is 6.08 Å². The monoisotopic (exact) mass is 341 g/mol. The van der Waals surface area contributed by atoms with Crippen LogP contribution in [0.4, 0.5) is 5.69 Å². The predicted molar refractivity (Wildman–Crippen MR) is 96.9 cm³/mol. The minimum atomic E-state index is -0.111. The van der Waals surface area contributed by atoms with Crippen molar-refractivity contribution >= 4 is 34.9 Å². The van der Waals surface area contributed by atoms with Crippen molar-refractivity contribution in [1.82, 2.24) is 10.6 Å². The van der Waals surface area contributed by atoms with Crippen LogP contribution in [0.15, 0.2) is 47.9 Å². The summed E-state index contributed by atoms with van der Waals surface area (Å²) in [5.41, 5.74) is 2.05. The number of hydrogen-bond donors (Lipinski definition) is 2. The largest absolute Gasteiger partial charge is 0.360 e.